The molecule has 0 N–H and O–H groups in total. The molecule has 0 aliphatic carbocycles. The second-order valence-electron chi connectivity index (χ2n) is 7.88. The first-order valence-electron chi connectivity index (χ1n) is 9.43. The molecule has 5 heterocycles. The summed E-state index contributed by atoms with van der Waals surface area (Å²) in [5.41, 5.74) is 3.86. The van der Waals surface area contributed by atoms with Crippen LogP contribution in [0.1, 0.15) is 23.9 Å². The topological polar surface area (TPSA) is 99.2 Å². The number of aryl methyl sites for hydroxylation is 1. The molecule has 11 heteroatoms. The molecule has 30 heavy (non-hydrogen) atoms. The Balaban J connectivity index is 0.00000218. The maximum absolute atomic E-state index is 10.9. The molecule has 0 saturated heterocycles. The minimum absolute atomic E-state index is 0. The Hall–Kier alpha value is -2.50. The maximum Gasteiger partial charge on any atom is 0.415 e. The van der Waals surface area contributed by atoms with Crippen LogP contribution in [0.5, 0.6) is 6.01 Å². The van der Waals surface area contributed by atoms with E-state index in [0.717, 1.165) is 48.1 Å². The van der Waals surface area contributed by atoms with E-state index < -0.39 is 10.5 Å². The average Bonchev–Trinajstić information content (AvgIpc) is 3.34. The van der Waals surface area contributed by atoms with E-state index in [2.05, 4.69) is 20.9 Å². The number of nitro groups is 1. The first kappa shape index (κ1) is 20.8. The van der Waals surface area contributed by atoms with Crippen molar-refractivity contribution in [3.8, 4) is 16.7 Å². The maximum atomic E-state index is 10.9. The van der Waals surface area contributed by atoms with E-state index in [0.29, 0.717) is 12.6 Å². The highest BCUT2D eigenvalue weighted by molar-refractivity contribution is 7.59. The van der Waals surface area contributed by atoms with Gasteiger partial charge in [0.05, 0.1) is 12.2 Å². The number of ether oxygens (including phenoxy) is 1. The highest BCUT2D eigenvalue weighted by Crippen LogP contribution is 2.33. The SMILES string of the molecule is Cc1csc(-c2ccc3c(n2)CCN(C[C@@]2(C)Cn4cc([N+](=O)[O-])nc4O2)C3)n1.S. The molecule has 2 aliphatic rings. The van der Waals surface area contributed by atoms with Crippen LogP contribution in [-0.2, 0) is 19.5 Å². The third-order valence-electron chi connectivity index (χ3n) is 5.28. The number of hydrogen-bond donors (Lipinski definition) is 0. The molecule has 158 valence electrons. The van der Waals surface area contributed by atoms with Crippen LogP contribution in [0, 0.1) is 17.0 Å². The lowest BCUT2D eigenvalue weighted by Gasteiger charge is -2.34. The highest BCUT2D eigenvalue weighted by Gasteiger charge is 2.41. The van der Waals surface area contributed by atoms with Gasteiger partial charge in [-0.25, -0.2) is 9.97 Å². The van der Waals surface area contributed by atoms with Gasteiger partial charge in [-0.2, -0.15) is 13.5 Å². The second-order valence-corrected chi connectivity index (χ2v) is 8.73. The molecular weight excluding hydrogens is 424 g/mol. The molecule has 3 aromatic heterocycles. The first-order valence-corrected chi connectivity index (χ1v) is 10.3. The summed E-state index contributed by atoms with van der Waals surface area (Å²) < 4.78 is 7.70. The highest BCUT2D eigenvalue weighted by atomic mass is 32.1. The minimum Gasteiger partial charge on any atom is -0.436 e. The van der Waals surface area contributed by atoms with E-state index >= 15 is 0 Å². The van der Waals surface area contributed by atoms with E-state index in [1.165, 1.54) is 11.8 Å². The Morgan fingerprint density at radius 3 is 2.87 bits per heavy atom. The fourth-order valence-electron chi connectivity index (χ4n) is 4.04. The number of pyridine rings is 1. The van der Waals surface area contributed by atoms with Gasteiger partial charge >= 0.3 is 11.8 Å². The molecule has 2 aliphatic heterocycles. The monoisotopic (exact) mass is 446 g/mol. The fraction of sp³-hybridized carbons (Fsp3) is 0.421. The molecular formula is C19H22N6O3S2. The van der Waals surface area contributed by atoms with E-state index in [1.54, 1.807) is 15.9 Å². The van der Waals surface area contributed by atoms with Crippen molar-refractivity contribution in [2.24, 2.45) is 0 Å². The Morgan fingerprint density at radius 2 is 2.17 bits per heavy atom. The van der Waals surface area contributed by atoms with Crippen LogP contribution >= 0.6 is 24.8 Å². The van der Waals surface area contributed by atoms with Gasteiger partial charge < -0.3 is 14.9 Å². The average molecular weight is 447 g/mol. The van der Waals surface area contributed by atoms with Crippen LogP contribution in [0.25, 0.3) is 10.7 Å². The van der Waals surface area contributed by atoms with Gasteiger partial charge in [0.2, 0.25) is 0 Å². The van der Waals surface area contributed by atoms with Crippen LogP contribution in [0.4, 0.5) is 5.82 Å². The molecule has 9 nitrogen and oxygen atoms in total. The second kappa shape index (κ2) is 7.64. The van der Waals surface area contributed by atoms with Gasteiger partial charge in [0, 0.05) is 47.8 Å². The molecule has 0 bridgehead atoms. The predicted octanol–water partition coefficient (Wildman–Crippen LogP) is 2.94. The number of aromatic nitrogens is 4. The smallest absolute Gasteiger partial charge is 0.415 e. The van der Waals surface area contributed by atoms with Crippen molar-refractivity contribution in [1.29, 1.82) is 0 Å². The molecule has 0 amide bonds. The fourth-order valence-corrected chi connectivity index (χ4v) is 4.80. The quantitative estimate of drug-likeness (QED) is 0.449. The van der Waals surface area contributed by atoms with Crippen molar-refractivity contribution in [2.45, 2.75) is 39.0 Å². The lowest BCUT2D eigenvalue weighted by atomic mass is 10.0. The van der Waals surface area contributed by atoms with Crippen molar-refractivity contribution < 1.29 is 9.66 Å². The normalized spacial score (nSPS) is 20.2. The largest absolute Gasteiger partial charge is 0.436 e. The van der Waals surface area contributed by atoms with Crippen molar-refractivity contribution in [3.05, 3.63) is 50.8 Å². The minimum atomic E-state index is -0.498. The molecule has 3 aromatic rings. The molecule has 0 radical (unpaired) electrons. The summed E-state index contributed by atoms with van der Waals surface area (Å²) in [7, 11) is 0. The van der Waals surface area contributed by atoms with Gasteiger partial charge in [0.15, 0.2) is 0 Å². The molecule has 0 saturated carbocycles. The van der Waals surface area contributed by atoms with E-state index in [-0.39, 0.29) is 19.3 Å². The van der Waals surface area contributed by atoms with E-state index in [9.17, 15) is 10.1 Å². The number of imidazole rings is 1. The van der Waals surface area contributed by atoms with Crippen LogP contribution in [0.2, 0.25) is 0 Å². The molecule has 5 rings (SSSR count). The Labute approximate surface area is 184 Å². The summed E-state index contributed by atoms with van der Waals surface area (Å²) >= 11 is 1.62. The van der Waals surface area contributed by atoms with Gasteiger partial charge in [-0.1, -0.05) is 6.07 Å². The standard InChI is InChI=1S/C19H20N6O3S.H2S/c1-12-9-29-17(20-12)15-4-3-13-7-23(6-5-14(13)21-15)10-19(2)11-24-8-16(25(26)27)22-18(24)28-19;/h3-4,8-9H,5-7,10-11H2,1-2H3;1H2/t19-;/m0./s1. The van der Waals surface area contributed by atoms with Crippen molar-refractivity contribution >= 4 is 30.7 Å². The van der Waals surface area contributed by atoms with Crippen LogP contribution in [-0.4, -0.2) is 48.0 Å². The van der Waals surface area contributed by atoms with Crippen molar-refractivity contribution in [2.75, 3.05) is 13.1 Å². The third kappa shape index (κ3) is 3.80. The van der Waals surface area contributed by atoms with E-state index in [4.69, 9.17) is 9.72 Å². The Bertz CT molecular complexity index is 1090. The zero-order chi connectivity index (χ0) is 20.2. The molecule has 0 unspecified atom stereocenters. The number of rotatable bonds is 4. The Kier molecular flexibility index (Phi) is 5.28. The van der Waals surface area contributed by atoms with Gasteiger partial charge in [0.25, 0.3) is 0 Å². The molecule has 1 atom stereocenters. The molecule has 0 aromatic carbocycles. The van der Waals surface area contributed by atoms with Gasteiger partial charge in [-0.3, -0.25) is 9.47 Å². The zero-order valence-corrected chi connectivity index (χ0v) is 18.5. The van der Waals surface area contributed by atoms with Crippen LogP contribution < -0.4 is 4.74 Å². The lowest BCUT2D eigenvalue weighted by molar-refractivity contribution is -0.389. The number of hydrogen-bond acceptors (Lipinski definition) is 8. The summed E-state index contributed by atoms with van der Waals surface area (Å²) in [6.45, 7) is 6.98. The Morgan fingerprint density at radius 1 is 1.33 bits per heavy atom. The summed E-state index contributed by atoms with van der Waals surface area (Å²) in [6.07, 6.45) is 2.32. The summed E-state index contributed by atoms with van der Waals surface area (Å²) in [5, 5.41) is 13.9. The van der Waals surface area contributed by atoms with E-state index in [1.807, 2.05) is 25.3 Å². The van der Waals surface area contributed by atoms with Gasteiger partial charge in [-0.15, -0.1) is 11.3 Å². The lowest BCUT2D eigenvalue weighted by Crippen LogP contribution is -2.46. The van der Waals surface area contributed by atoms with Crippen LogP contribution in [0.15, 0.2) is 23.7 Å². The third-order valence-corrected chi connectivity index (χ3v) is 6.26. The molecule has 0 fully saturated rings. The number of thiazole rings is 1. The first-order chi connectivity index (χ1) is 13.9. The summed E-state index contributed by atoms with van der Waals surface area (Å²) in [5.74, 6) is -0.175. The summed E-state index contributed by atoms with van der Waals surface area (Å²) in [4.78, 5) is 26.1. The number of fused-ring (bicyclic) bond motifs is 2. The number of nitrogens with zero attached hydrogens (tertiary/aromatic N) is 6. The predicted molar refractivity (Wildman–Crippen MR) is 117 cm³/mol. The van der Waals surface area contributed by atoms with Crippen molar-refractivity contribution in [3.63, 3.8) is 0 Å². The van der Waals surface area contributed by atoms with Crippen molar-refractivity contribution in [1.82, 2.24) is 24.4 Å². The van der Waals surface area contributed by atoms with Gasteiger partial charge in [-0.05, 0) is 30.4 Å². The zero-order valence-electron chi connectivity index (χ0n) is 16.7. The summed E-state index contributed by atoms with van der Waals surface area (Å²) in [6, 6.07) is 4.51. The van der Waals surface area contributed by atoms with Gasteiger partial charge in [0.1, 0.15) is 16.8 Å². The molecule has 0 spiro atoms. The van der Waals surface area contributed by atoms with Crippen LogP contribution in [0.3, 0.4) is 0 Å².